The van der Waals surface area contributed by atoms with Crippen LogP contribution in [0.15, 0.2) is 48.8 Å². The van der Waals surface area contributed by atoms with Crippen molar-refractivity contribution in [2.45, 2.75) is 39.8 Å². The van der Waals surface area contributed by atoms with Crippen LogP contribution in [-0.2, 0) is 0 Å². The molecule has 0 aliphatic heterocycles. The average molecular weight is 438 g/mol. The first kappa shape index (κ1) is 21.0. The molecule has 0 fully saturated rings. The maximum atomic E-state index is 13.4. The van der Waals surface area contributed by atoms with Gasteiger partial charge in [-0.15, -0.1) is 5.10 Å². The van der Waals surface area contributed by atoms with Crippen molar-refractivity contribution in [1.29, 1.82) is 0 Å². The third kappa shape index (κ3) is 4.03. The Balaban J connectivity index is 1.75. The Kier molecular flexibility index (Phi) is 5.73. The number of fused-ring (bicyclic) bond motifs is 1. The molecule has 0 saturated carbocycles. The molecule has 4 rings (SSSR count). The molecule has 8 nitrogen and oxygen atoms in total. The molecule has 0 bridgehead atoms. The third-order valence-corrected chi connectivity index (χ3v) is 5.41. The van der Waals surface area contributed by atoms with Crippen molar-refractivity contribution in [1.82, 2.24) is 35.1 Å². The molecular formula is C22H24ClN7O. The summed E-state index contributed by atoms with van der Waals surface area (Å²) in [6.07, 6.45) is 1.43. The van der Waals surface area contributed by atoms with Crippen molar-refractivity contribution in [3.05, 3.63) is 65.2 Å². The van der Waals surface area contributed by atoms with Crippen LogP contribution in [0.5, 0.6) is 0 Å². The zero-order valence-electron chi connectivity index (χ0n) is 17.8. The van der Waals surface area contributed by atoms with Crippen LogP contribution in [0.3, 0.4) is 0 Å². The molecule has 1 unspecified atom stereocenters. The lowest BCUT2D eigenvalue weighted by molar-refractivity contribution is 0.0921. The van der Waals surface area contributed by atoms with Crippen LogP contribution in [0.1, 0.15) is 56.0 Å². The van der Waals surface area contributed by atoms with Gasteiger partial charge in [-0.05, 0) is 60.5 Å². The summed E-state index contributed by atoms with van der Waals surface area (Å²) < 4.78 is 3.61. The van der Waals surface area contributed by atoms with E-state index in [1.165, 1.54) is 11.0 Å². The van der Waals surface area contributed by atoms with E-state index in [-0.39, 0.29) is 23.9 Å². The number of tetrazole rings is 1. The minimum atomic E-state index is -0.292. The van der Waals surface area contributed by atoms with Gasteiger partial charge in [0.15, 0.2) is 0 Å². The van der Waals surface area contributed by atoms with Gasteiger partial charge in [0, 0.05) is 11.1 Å². The van der Waals surface area contributed by atoms with E-state index in [0.29, 0.717) is 16.3 Å². The first-order valence-corrected chi connectivity index (χ1v) is 10.5. The van der Waals surface area contributed by atoms with E-state index in [2.05, 4.69) is 59.2 Å². The summed E-state index contributed by atoms with van der Waals surface area (Å²) in [7, 11) is 0. The lowest BCUT2D eigenvalue weighted by atomic mass is 10.0. The van der Waals surface area contributed by atoms with E-state index in [9.17, 15) is 4.79 Å². The Hall–Kier alpha value is -3.26. The van der Waals surface area contributed by atoms with Gasteiger partial charge >= 0.3 is 0 Å². The summed E-state index contributed by atoms with van der Waals surface area (Å²) in [6, 6.07) is 12.9. The number of hydrogen-bond donors (Lipinski definition) is 1. The van der Waals surface area contributed by atoms with Gasteiger partial charge in [-0.1, -0.05) is 37.6 Å². The highest BCUT2D eigenvalue weighted by molar-refractivity contribution is 6.31. The van der Waals surface area contributed by atoms with Gasteiger partial charge in [-0.2, -0.15) is 4.68 Å². The molecule has 0 aliphatic rings. The summed E-state index contributed by atoms with van der Waals surface area (Å²) in [6.45, 7) is 8.37. The van der Waals surface area contributed by atoms with E-state index in [1.54, 1.807) is 18.2 Å². The first-order valence-electron chi connectivity index (χ1n) is 10.2. The maximum Gasteiger partial charge on any atom is 0.254 e. The highest BCUT2D eigenvalue weighted by Crippen LogP contribution is 2.29. The zero-order valence-corrected chi connectivity index (χ0v) is 18.6. The second-order valence-electron chi connectivity index (χ2n) is 8.03. The van der Waals surface area contributed by atoms with Crippen LogP contribution in [-0.4, -0.2) is 35.7 Å². The molecule has 0 saturated heterocycles. The van der Waals surface area contributed by atoms with Gasteiger partial charge < -0.3 is 9.88 Å². The summed E-state index contributed by atoms with van der Waals surface area (Å²) in [5, 5.41) is 14.9. The Bertz CT molecular complexity index is 1210. The minimum absolute atomic E-state index is 0.113. The van der Waals surface area contributed by atoms with Crippen LogP contribution in [0.4, 0.5) is 0 Å². The van der Waals surface area contributed by atoms with Crippen molar-refractivity contribution in [2.24, 2.45) is 5.92 Å². The molecule has 31 heavy (non-hydrogen) atoms. The number of carbonyl (C=O) groups excluding carboxylic acids is 1. The van der Waals surface area contributed by atoms with Gasteiger partial charge in [0.05, 0.1) is 28.3 Å². The predicted molar refractivity (Wildman–Crippen MR) is 119 cm³/mol. The molecule has 2 aromatic heterocycles. The molecule has 9 heteroatoms. The summed E-state index contributed by atoms with van der Waals surface area (Å²) in [5.41, 5.74) is 2.89. The largest absolute Gasteiger partial charge is 0.342 e. The lowest BCUT2D eigenvalue weighted by Crippen LogP contribution is -2.34. The normalized spacial score (nSPS) is 12.6. The van der Waals surface area contributed by atoms with E-state index in [1.807, 2.05) is 18.2 Å². The number of nitrogens with one attached hydrogen (secondary N) is 1. The fraction of sp³-hybridized carbons (Fsp3) is 0.318. The summed E-state index contributed by atoms with van der Waals surface area (Å²) in [5.74, 6) is 0.697. The number of imidazole rings is 1. The molecule has 2 heterocycles. The molecule has 1 amide bonds. The summed E-state index contributed by atoms with van der Waals surface area (Å²) >= 11 is 6.16. The number of benzene rings is 2. The monoisotopic (exact) mass is 437 g/mol. The number of carbonyl (C=O) groups is 1. The highest BCUT2D eigenvalue weighted by atomic mass is 35.5. The molecule has 2 aromatic carbocycles. The second kappa shape index (κ2) is 8.47. The van der Waals surface area contributed by atoms with E-state index in [0.717, 1.165) is 16.9 Å². The van der Waals surface area contributed by atoms with Crippen LogP contribution in [0.25, 0.3) is 16.7 Å². The molecule has 0 radical (unpaired) electrons. The molecule has 4 aromatic rings. The highest BCUT2D eigenvalue weighted by Gasteiger charge is 2.27. The minimum Gasteiger partial charge on any atom is -0.342 e. The number of para-hydroxylation sites is 2. The van der Waals surface area contributed by atoms with Crippen molar-refractivity contribution in [3.63, 3.8) is 0 Å². The molecule has 0 aliphatic carbocycles. The number of halogens is 1. The van der Waals surface area contributed by atoms with Gasteiger partial charge in [-0.3, -0.25) is 4.79 Å². The smallest absolute Gasteiger partial charge is 0.254 e. The Morgan fingerprint density at radius 1 is 1.10 bits per heavy atom. The first-order chi connectivity index (χ1) is 14.9. The van der Waals surface area contributed by atoms with Gasteiger partial charge in [0.1, 0.15) is 12.2 Å². The number of amides is 1. The number of hydrogen-bond acceptors (Lipinski definition) is 5. The standard InChI is InChI=1S/C22H24ClN7O/c1-13(2)20(21-25-17-7-5-6-8-18(17)30(21)14(3)4)26-22(31)16-10-9-15(23)11-19(16)29-12-24-27-28-29/h5-14,20H,1-4H3,(H,26,31). The average Bonchev–Trinajstić information content (AvgIpc) is 3.39. The summed E-state index contributed by atoms with van der Waals surface area (Å²) in [4.78, 5) is 18.3. The Morgan fingerprint density at radius 3 is 2.55 bits per heavy atom. The zero-order chi connectivity index (χ0) is 22.1. The van der Waals surface area contributed by atoms with Gasteiger partial charge in [-0.25, -0.2) is 4.98 Å². The fourth-order valence-corrected chi connectivity index (χ4v) is 3.90. The molecule has 1 atom stereocenters. The number of nitrogens with zero attached hydrogens (tertiary/aromatic N) is 6. The van der Waals surface area contributed by atoms with Gasteiger partial charge in [0.25, 0.3) is 5.91 Å². The van der Waals surface area contributed by atoms with Crippen LogP contribution < -0.4 is 5.32 Å². The number of rotatable bonds is 6. The van der Waals surface area contributed by atoms with Crippen LogP contribution in [0.2, 0.25) is 5.02 Å². The SMILES string of the molecule is CC(C)C(NC(=O)c1ccc(Cl)cc1-n1cnnn1)c1nc2ccccc2n1C(C)C. The Labute approximate surface area is 185 Å². The van der Waals surface area contributed by atoms with Crippen molar-refractivity contribution < 1.29 is 4.79 Å². The molecule has 160 valence electrons. The van der Waals surface area contributed by atoms with E-state index in [4.69, 9.17) is 16.6 Å². The van der Waals surface area contributed by atoms with Crippen LogP contribution in [0, 0.1) is 5.92 Å². The fourth-order valence-electron chi connectivity index (χ4n) is 3.73. The second-order valence-corrected chi connectivity index (χ2v) is 8.47. The quantitative estimate of drug-likeness (QED) is 0.483. The van der Waals surface area contributed by atoms with Gasteiger partial charge in [0.2, 0.25) is 0 Å². The van der Waals surface area contributed by atoms with Crippen molar-refractivity contribution in [3.8, 4) is 5.69 Å². The Morgan fingerprint density at radius 2 is 1.87 bits per heavy atom. The predicted octanol–water partition coefficient (Wildman–Crippen LogP) is 4.37. The maximum absolute atomic E-state index is 13.4. The molecule has 0 spiro atoms. The van der Waals surface area contributed by atoms with Crippen molar-refractivity contribution >= 4 is 28.5 Å². The van der Waals surface area contributed by atoms with Crippen molar-refractivity contribution in [2.75, 3.05) is 0 Å². The van der Waals surface area contributed by atoms with E-state index < -0.39 is 0 Å². The van der Waals surface area contributed by atoms with E-state index >= 15 is 0 Å². The number of aromatic nitrogens is 6. The lowest BCUT2D eigenvalue weighted by Gasteiger charge is -2.25. The molecule has 1 N–H and O–H groups in total. The topological polar surface area (TPSA) is 90.5 Å². The third-order valence-electron chi connectivity index (χ3n) is 5.17. The molecular weight excluding hydrogens is 414 g/mol. The van der Waals surface area contributed by atoms with Crippen LogP contribution >= 0.6 is 11.6 Å².